The molecule has 0 atom stereocenters. The maximum Gasteiger partial charge on any atom is 1.00 e. The maximum atomic E-state index is 5.45. The molecule has 0 heterocycles. The van der Waals surface area contributed by atoms with Gasteiger partial charge in [-0.1, -0.05) is 12.8 Å². The standard InChI is InChI=1S/C6H12Cl2.Na.H/c7-5-3-1-2-4-6-8;;/h1-6H2;;/q;+1;-1. The third kappa shape index (κ3) is 12.7. The van der Waals surface area contributed by atoms with Crippen molar-refractivity contribution in [2.24, 2.45) is 0 Å². The number of hydrogen-bond acceptors (Lipinski definition) is 0. The van der Waals surface area contributed by atoms with E-state index in [9.17, 15) is 0 Å². The molecule has 0 aromatic rings. The zero-order chi connectivity index (χ0) is 6.24. The second-order valence-corrected chi connectivity index (χ2v) is 2.55. The van der Waals surface area contributed by atoms with Gasteiger partial charge in [-0.05, 0) is 12.8 Å². The molecule has 0 fully saturated rings. The third-order valence-electron chi connectivity index (χ3n) is 1.02. The molecule has 0 rings (SSSR count). The van der Waals surface area contributed by atoms with E-state index in [0.29, 0.717) is 0 Å². The Hall–Kier alpha value is 1.58. The molecule has 9 heavy (non-hydrogen) atoms. The van der Waals surface area contributed by atoms with Crippen molar-refractivity contribution < 1.29 is 31.0 Å². The van der Waals surface area contributed by atoms with Crippen LogP contribution in [-0.4, -0.2) is 11.8 Å². The summed E-state index contributed by atoms with van der Waals surface area (Å²) < 4.78 is 0. The van der Waals surface area contributed by atoms with Gasteiger partial charge in [0.05, 0.1) is 0 Å². The van der Waals surface area contributed by atoms with Gasteiger partial charge in [-0.2, -0.15) is 0 Å². The molecule has 52 valence electrons. The van der Waals surface area contributed by atoms with Crippen molar-refractivity contribution in [3.63, 3.8) is 0 Å². The molecule has 0 saturated carbocycles. The fraction of sp³-hybridized carbons (Fsp3) is 1.00. The first-order chi connectivity index (χ1) is 3.91. The number of alkyl halides is 2. The summed E-state index contributed by atoms with van der Waals surface area (Å²) in [5, 5.41) is 0. The number of halogens is 2. The predicted octanol–water partition coefficient (Wildman–Crippen LogP) is 0.141. The molecule has 0 saturated heterocycles. The fourth-order valence-electron chi connectivity index (χ4n) is 0.543. The van der Waals surface area contributed by atoms with Crippen molar-refractivity contribution >= 4 is 23.2 Å². The molecule has 0 radical (unpaired) electrons. The first kappa shape index (κ1) is 13.2. The van der Waals surface area contributed by atoms with Gasteiger partial charge < -0.3 is 1.43 Å². The molecule has 0 aromatic carbocycles. The quantitative estimate of drug-likeness (QED) is 0.320. The minimum atomic E-state index is 0. The molecule has 0 aliphatic carbocycles. The van der Waals surface area contributed by atoms with Crippen LogP contribution in [0.15, 0.2) is 0 Å². The van der Waals surface area contributed by atoms with Crippen molar-refractivity contribution in [2.75, 3.05) is 11.8 Å². The summed E-state index contributed by atoms with van der Waals surface area (Å²) in [6, 6.07) is 0. The summed E-state index contributed by atoms with van der Waals surface area (Å²) in [6.45, 7) is 0. The zero-order valence-electron chi connectivity index (χ0n) is 7.00. The van der Waals surface area contributed by atoms with Crippen LogP contribution < -0.4 is 29.6 Å². The van der Waals surface area contributed by atoms with Crippen LogP contribution in [0, 0.1) is 0 Å². The predicted molar refractivity (Wildman–Crippen MR) is 41.0 cm³/mol. The smallest absolute Gasteiger partial charge is 1.00 e. The van der Waals surface area contributed by atoms with E-state index in [-0.39, 0.29) is 31.0 Å². The first-order valence-electron chi connectivity index (χ1n) is 3.03. The Kier molecular flexibility index (Phi) is 18.0. The van der Waals surface area contributed by atoms with Crippen LogP contribution in [0.1, 0.15) is 27.1 Å². The molecule has 0 nitrogen and oxygen atoms in total. The molecule has 0 unspecified atom stereocenters. The van der Waals surface area contributed by atoms with Crippen LogP contribution in [0.4, 0.5) is 0 Å². The molecule has 0 aliphatic heterocycles. The van der Waals surface area contributed by atoms with Crippen molar-refractivity contribution in [2.45, 2.75) is 25.7 Å². The molecule has 0 aromatic heterocycles. The van der Waals surface area contributed by atoms with E-state index in [0.717, 1.165) is 24.6 Å². The second kappa shape index (κ2) is 12.3. The number of hydrogen-bond donors (Lipinski definition) is 0. The van der Waals surface area contributed by atoms with Crippen molar-refractivity contribution in [3.8, 4) is 0 Å². The van der Waals surface area contributed by atoms with Gasteiger partial charge >= 0.3 is 29.6 Å². The van der Waals surface area contributed by atoms with Gasteiger partial charge in [0, 0.05) is 11.8 Å². The minimum Gasteiger partial charge on any atom is -1.00 e. The third-order valence-corrected chi connectivity index (χ3v) is 1.55. The number of unbranched alkanes of at least 4 members (excludes halogenated alkanes) is 3. The van der Waals surface area contributed by atoms with Gasteiger partial charge in [-0.15, -0.1) is 23.2 Å². The molecule has 0 aliphatic rings. The summed E-state index contributed by atoms with van der Waals surface area (Å²) in [5.74, 6) is 1.59. The van der Waals surface area contributed by atoms with Crippen molar-refractivity contribution in [1.82, 2.24) is 0 Å². The van der Waals surface area contributed by atoms with Gasteiger partial charge in [0.1, 0.15) is 0 Å². The first-order valence-corrected chi connectivity index (χ1v) is 4.10. The van der Waals surface area contributed by atoms with Crippen LogP contribution in [-0.2, 0) is 0 Å². The van der Waals surface area contributed by atoms with E-state index >= 15 is 0 Å². The molecular formula is C6H13Cl2Na. The van der Waals surface area contributed by atoms with Crippen LogP contribution in [0.3, 0.4) is 0 Å². The topological polar surface area (TPSA) is 0 Å². The van der Waals surface area contributed by atoms with E-state index < -0.39 is 0 Å². The number of rotatable bonds is 5. The Morgan fingerprint density at radius 2 is 1.11 bits per heavy atom. The van der Waals surface area contributed by atoms with Crippen molar-refractivity contribution in [3.05, 3.63) is 0 Å². The zero-order valence-corrected chi connectivity index (χ0v) is 9.51. The molecule has 0 amide bonds. The van der Waals surface area contributed by atoms with E-state index in [2.05, 4.69) is 0 Å². The van der Waals surface area contributed by atoms with E-state index in [1.807, 2.05) is 0 Å². The van der Waals surface area contributed by atoms with Crippen molar-refractivity contribution in [1.29, 1.82) is 0 Å². The van der Waals surface area contributed by atoms with Crippen LogP contribution in [0.2, 0.25) is 0 Å². The maximum absolute atomic E-state index is 5.45. The van der Waals surface area contributed by atoms with E-state index in [4.69, 9.17) is 23.2 Å². The normalized spacial score (nSPS) is 8.67. The van der Waals surface area contributed by atoms with Gasteiger partial charge in [-0.25, -0.2) is 0 Å². The Labute approximate surface area is 91.1 Å². The summed E-state index contributed by atoms with van der Waals surface area (Å²) in [4.78, 5) is 0. The molecular weight excluding hydrogens is 166 g/mol. The summed E-state index contributed by atoms with van der Waals surface area (Å²) >= 11 is 10.9. The SMILES string of the molecule is ClCCCCCCCl.[H-].[Na+]. The molecule has 0 spiro atoms. The molecule has 0 N–H and O–H groups in total. The molecule has 3 heteroatoms. The Morgan fingerprint density at radius 1 is 0.778 bits per heavy atom. The van der Waals surface area contributed by atoms with Gasteiger partial charge in [0.15, 0.2) is 0 Å². The van der Waals surface area contributed by atoms with Gasteiger partial charge in [-0.3, -0.25) is 0 Å². The Balaban J connectivity index is -0.000000245. The largest absolute Gasteiger partial charge is 1.00 e. The Morgan fingerprint density at radius 3 is 1.33 bits per heavy atom. The minimum absolute atomic E-state index is 0. The van der Waals surface area contributed by atoms with Gasteiger partial charge in [0.25, 0.3) is 0 Å². The Bertz CT molecular complexity index is 40.7. The molecule has 0 bridgehead atoms. The summed E-state index contributed by atoms with van der Waals surface area (Å²) in [5.41, 5.74) is 0. The fourth-order valence-corrected chi connectivity index (χ4v) is 0.921. The monoisotopic (exact) mass is 178 g/mol. The average molecular weight is 179 g/mol. The van der Waals surface area contributed by atoms with Crippen LogP contribution >= 0.6 is 23.2 Å². The van der Waals surface area contributed by atoms with Crippen LogP contribution in [0.25, 0.3) is 0 Å². The second-order valence-electron chi connectivity index (χ2n) is 1.79. The summed E-state index contributed by atoms with van der Waals surface area (Å²) in [7, 11) is 0. The van der Waals surface area contributed by atoms with E-state index in [1.165, 1.54) is 12.8 Å². The van der Waals surface area contributed by atoms with Gasteiger partial charge in [0.2, 0.25) is 0 Å². The van der Waals surface area contributed by atoms with E-state index in [1.54, 1.807) is 0 Å². The average Bonchev–Trinajstić information content (AvgIpc) is 1.81. The summed E-state index contributed by atoms with van der Waals surface area (Å²) in [6.07, 6.45) is 4.74. The van der Waals surface area contributed by atoms with Crippen LogP contribution in [0.5, 0.6) is 0 Å².